The average Bonchev–Trinajstić information content (AvgIpc) is 3.06. The van der Waals surface area contributed by atoms with E-state index in [0.29, 0.717) is 5.75 Å². The van der Waals surface area contributed by atoms with Crippen molar-refractivity contribution in [2.45, 2.75) is 36.7 Å². The Bertz CT molecular complexity index is 1550. The largest absolute Gasteiger partial charge is 0.497 e. The van der Waals surface area contributed by atoms with Gasteiger partial charge >= 0.3 is 0 Å². The van der Waals surface area contributed by atoms with Gasteiger partial charge in [-0.2, -0.15) is 16.4 Å². The molecule has 0 aromatic heterocycles. The van der Waals surface area contributed by atoms with E-state index in [2.05, 4.69) is 57.2 Å². The fraction of sp³-hybridized carbons (Fsp3) is 0.231. The second kappa shape index (κ2) is 14.7. The van der Waals surface area contributed by atoms with Crippen LogP contribution in [0.2, 0.25) is 5.31 Å². The predicted molar refractivity (Wildman–Crippen MR) is 192 cm³/mol. The smallest absolute Gasteiger partial charge is 0.158 e. The summed E-state index contributed by atoms with van der Waals surface area (Å²) in [6, 6.07) is 45.1. The summed E-state index contributed by atoms with van der Waals surface area (Å²) in [6.07, 6.45) is 0.542. The van der Waals surface area contributed by atoms with Crippen LogP contribution >= 0.6 is 0 Å². The Labute approximate surface area is 270 Å². The third kappa shape index (κ3) is 7.69. The van der Waals surface area contributed by atoms with Gasteiger partial charge in [0, 0.05) is 5.56 Å². The lowest BCUT2D eigenvalue weighted by atomic mass is 9.07. The molecule has 45 heavy (non-hydrogen) atoms. The Balaban J connectivity index is 0.000000242. The average molecular weight is 621 g/mol. The van der Waals surface area contributed by atoms with Gasteiger partial charge in [-0.15, -0.1) is 5.31 Å². The third-order valence-corrected chi connectivity index (χ3v) is 10.8. The molecule has 0 aliphatic heterocycles. The van der Waals surface area contributed by atoms with Crippen LogP contribution in [0, 0.1) is 0 Å². The molecule has 5 aromatic rings. The van der Waals surface area contributed by atoms with Crippen LogP contribution < -0.4 is 30.6 Å². The van der Waals surface area contributed by atoms with Crippen LogP contribution in [0.25, 0.3) is 0 Å². The predicted octanol–water partition coefficient (Wildman–Crippen LogP) is 7.36. The summed E-state index contributed by atoms with van der Waals surface area (Å²) in [5.41, 5.74) is 4.94. The SMILES string of the molecule is COc1ccc([B-](c2ccc(OC)cc2)(c2ccc(OC)cc2)C(C)(C)C)cc1.C[S+](=O)(Cc1ccccc1)c1ccccc1. The summed E-state index contributed by atoms with van der Waals surface area (Å²) >= 11 is 0. The van der Waals surface area contributed by atoms with Crippen LogP contribution in [0.1, 0.15) is 26.3 Å². The number of rotatable bonds is 9. The zero-order chi connectivity index (χ0) is 32.5. The summed E-state index contributed by atoms with van der Waals surface area (Å²) in [7, 11) is 3.13. The Morgan fingerprint density at radius 3 is 1.18 bits per heavy atom. The molecule has 1 unspecified atom stereocenters. The van der Waals surface area contributed by atoms with Gasteiger partial charge in [0.2, 0.25) is 0 Å². The molecule has 0 radical (unpaired) electrons. The lowest BCUT2D eigenvalue weighted by Gasteiger charge is -2.54. The van der Waals surface area contributed by atoms with Crippen LogP contribution in [0.5, 0.6) is 17.2 Å². The molecule has 0 heterocycles. The maximum Gasteiger partial charge on any atom is 0.158 e. The minimum Gasteiger partial charge on any atom is -0.497 e. The van der Waals surface area contributed by atoms with E-state index in [9.17, 15) is 4.21 Å². The first kappa shape index (κ1) is 33.6. The van der Waals surface area contributed by atoms with Gasteiger partial charge in [0.05, 0.1) is 27.5 Å². The van der Waals surface area contributed by atoms with Crippen molar-refractivity contribution in [2.24, 2.45) is 0 Å². The molecule has 0 aliphatic carbocycles. The van der Waals surface area contributed by atoms with Crippen LogP contribution in [0.15, 0.2) is 138 Å². The van der Waals surface area contributed by atoms with Crippen molar-refractivity contribution in [3.05, 3.63) is 139 Å². The van der Waals surface area contributed by atoms with E-state index in [1.807, 2.05) is 103 Å². The van der Waals surface area contributed by atoms with Crippen molar-refractivity contribution in [1.82, 2.24) is 0 Å². The highest BCUT2D eigenvalue weighted by atomic mass is 32.2. The van der Waals surface area contributed by atoms with Crippen LogP contribution in [-0.2, 0) is 19.9 Å². The molecule has 5 aromatic carbocycles. The summed E-state index contributed by atoms with van der Waals surface area (Å²) < 4.78 is 28.8. The van der Waals surface area contributed by atoms with Crippen LogP contribution in [0.4, 0.5) is 0 Å². The van der Waals surface area contributed by atoms with E-state index in [1.54, 1.807) is 21.3 Å². The Morgan fingerprint density at radius 2 is 0.867 bits per heavy atom. The first-order valence-corrected chi connectivity index (χ1v) is 17.3. The van der Waals surface area contributed by atoms with Crippen molar-refractivity contribution < 1.29 is 18.4 Å². The van der Waals surface area contributed by atoms with E-state index < -0.39 is 16.1 Å². The normalized spacial score (nSPS) is 12.7. The fourth-order valence-electron chi connectivity index (χ4n) is 6.44. The lowest BCUT2D eigenvalue weighted by Crippen LogP contribution is -2.72. The molecule has 1 atom stereocenters. The van der Waals surface area contributed by atoms with Gasteiger partial charge in [0.1, 0.15) is 39.2 Å². The molecule has 0 bridgehead atoms. The van der Waals surface area contributed by atoms with Gasteiger partial charge in [0.15, 0.2) is 4.90 Å². The minimum atomic E-state index is -1.96. The second-order valence-electron chi connectivity index (χ2n) is 12.5. The molecule has 5 rings (SSSR count). The van der Waals surface area contributed by atoms with Gasteiger partial charge in [-0.3, -0.25) is 0 Å². The van der Waals surface area contributed by atoms with Gasteiger partial charge < -0.3 is 14.2 Å². The topological polar surface area (TPSA) is 44.8 Å². The quantitative estimate of drug-likeness (QED) is 0.128. The molecule has 0 amide bonds. The fourth-order valence-corrected chi connectivity index (χ4v) is 8.17. The monoisotopic (exact) mass is 620 g/mol. The Kier molecular flexibility index (Phi) is 11.0. The third-order valence-electron chi connectivity index (χ3n) is 8.67. The van der Waals surface area contributed by atoms with Crippen molar-refractivity contribution in [2.75, 3.05) is 27.6 Å². The standard InChI is InChI=1S/C25H30BO3.C14H15OS/c1-25(2,3)26(19-7-13-22(27-4)14-8-19,20-9-15-23(28-5)16-10-20)21-11-17-24(29-6)18-12-21;1-16(15,14-10-6-3-7-11-14)12-13-8-4-2-5-9-13/h7-18H,1-6H3;2-11H,12H2,1H3/q-1;+1. The highest BCUT2D eigenvalue weighted by molar-refractivity contribution is 8.01. The summed E-state index contributed by atoms with van der Waals surface area (Å²) in [5.74, 6) is 3.18. The molecule has 0 saturated carbocycles. The van der Waals surface area contributed by atoms with Gasteiger partial charge in [-0.25, -0.2) is 0 Å². The molecule has 0 spiro atoms. The molecule has 234 valence electrons. The minimum absolute atomic E-state index is 0.0578. The number of hydrogen-bond acceptors (Lipinski definition) is 4. The molecule has 4 nitrogen and oxygen atoms in total. The van der Waals surface area contributed by atoms with Gasteiger partial charge in [-0.05, 0) is 48.5 Å². The summed E-state index contributed by atoms with van der Waals surface area (Å²) in [4.78, 5) is 0.929. The number of ether oxygens (including phenoxy) is 3. The van der Waals surface area contributed by atoms with Crippen molar-refractivity contribution in [3.63, 3.8) is 0 Å². The van der Waals surface area contributed by atoms with E-state index in [-0.39, 0.29) is 5.31 Å². The first-order valence-electron chi connectivity index (χ1n) is 15.2. The first-order chi connectivity index (χ1) is 21.5. The van der Waals surface area contributed by atoms with E-state index >= 15 is 0 Å². The van der Waals surface area contributed by atoms with Crippen LogP contribution in [0.3, 0.4) is 0 Å². The molecular weight excluding hydrogens is 575 g/mol. The van der Waals surface area contributed by atoms with Crippen molar-refractivity contribution in [1.29, 1.82) is 0 Å². The molecule has 6 heteroatoms. The molecule has 0 aliphatic rings. The highest BCUT2D eigenvalue weighted by Crippen LogP contribution is 2.36. The summed E-state index contributed by atoms with van der Waals surface area (Å²) in [6.45, 7) is 6.93. The maximum atomic E-state index is 12.6. The zero-order valence-corrected chi connectivity index (χ0v) is 28.3. The molecule has 0 N–H and O–H groups in total. The molecule has 0 fully saturated rings. The molecular formula is C39H45BO4S. The van der Waals surface area contributed by atoms with Crippen molar-refractivity contribution >= 4 is 32.5 Å². The van der Waals surface area contributed by atoms with Crippen LogP contribution in [-0.4, -0.2) is 33.7 Å². The van der Waals surface area contributed by atoms with E-state index in [0.717, 1.165) is 27.7 Å². The van der Waals surface area contributed by atoms with E-state index in [1.165, 1.54) is 16.4 Å². The Hall–Kier alpha value is -4.29. The molecule has 0 saturated heterocycles. The van der Waals surface area contributed by atoms with Crippen molar-refractivity contribution in [3.8, 4) is 17.2 Å². The second-order valence-corrected chi connectivity index (χ2v) is 15.3. The number of benzene rings is 5. The maximum absolute atomic E-state index is 12.6. The zero-order valence-electron chi connectivity index (χ0n) is 27.5. The summed E-state index contributed by atoms with van der Waals surface area (Å²) in [5, 5.41) is -0.0578. The highest BCUT2D eigenvalue weighted by Gasteiger charge is 2.40. The lowest BCUT2D eigenvalue weighted by molar-refractivity contribution is 0.415. The number of hydrogen-bond donors (Lipinski definition) is 0. The van der Waals surface area contributed by atoms with Gasteiger partial charge in [0.25, 0.3) is 0 Å². The number of methoxy groups -OCH3 is 3. The Morgan fingerprint density at radius 1 is 0.533 bits per heavy atom. The van der Waals surface area contributed by atoms with Gasteiger partial charge in [-0.1, -0.05) is 110 Å². The van der Waals surface area contributed by atoms with E-state index in [4.69, 9.17) is 14.2 Å².